The first-order valence-electron chi connectivity index (χ1n) is 4.77. The van der Waals surface area contributed by atoms with Crippen molar-refractivity contribution in [2.24, 2.45) is 0 Å². The highest BCUT2D eigenvalue weighted by atomic mass is 19.4. The SMILES string of the molecule is COc1cnn(-c2ccccc2C(F)(F)F)c1. The summed E-state index contributed by atoms with van der Waals surface area (Å²) >= 11 is 0. The van der Waals surface area contributed by atoms with Crippen molar-refractivity contribution in [2.45, 2.75) is 6.18 Å². The smallest absolute Gasteiger partial charge is 0.418 e. The summed E-state index contributed by atoms with van der Waals surface area (Å²) in [6, 6.07) is 5.24. The zero-order valence-corrected chi connectivity index (χ0v) is 8.90. The van der Waals surface area contributed by atoms with E-state index >= 15 is 0 Å². The first-order valence-corrected chi connectivity index (χ1v) is 4.77. The van der Waals surface area contributed by atoms with Gasteiger partial charge in [0.05, 0.1) is 30.8 Å². The molecule has 0 amide bonds. The van der Waals surface area contributed by atoms with Gasteiger partial charge < -0.3 is 4.74 Å². The number of halogens is 3. The molecule has 0 radical (unpaired) electrons. The average molecular weight is 242 g/mol. The second-order valence-corrected chi connectivity index (χ2v) is 3.34. The highest BCUT2D eigenvalue weighted by Gasteiger charge is 2.33. The van der Waals surface area contributed by atoms with Crippen LogP contribution in [0.1, 0.15) is 5.56 Å². The van der Waals surface area contributed by atoms with E-state index in [1.54, 1.807) is 0 Å². The van der Waals surface area contributed by atoms with Gasteiger partial charge in [0.15, 0.2) is 5.75 Å². The van der Waals surface area contributed by atoms with Crippen LogP contribution in [0.15, 0.2) is 36.7 Å². The van der Waals surface area contributed by atoms with Gasteiger partial charge in [0, 0.05) is 0 Å². The Morgan fingerprint density at radius 3 is 2.53 bits per heavy atom. The lowest BCUT2D eigenvalue weighted by Crippen LogP contribution is -2.10. The molecule has 0 aliphatic heterocycles. The lowest BCUT2D eigenvalue weighted by molar-refractivity contribution is -0.137. The van der Waals surface area contributed by atoms with Crippen LogP contribution < -0.4 is 4.74 Å². The molecule has 0 saturated carbocycles. The van der Waals surface area contributed by atoms with E-state index in [-0.39, 0.29) is 5.69 Å². The van der Waals surface area contributed by atoms with Crippen LogP contribution in [-0.4, -0.2) is 16.9 Å². The predicted molar refractivity (Wildman–Crippen MR) is 55.1 cm³/mol. The number of ether oxygens (including phenoxy) is 1. The lowest BCUT2D eigenvalue weighted by atomic mass is 10.2. The van der Waals surface area contributed by atoms with Crippen molar-refractivity contribution < 1.29 is 17.9 Å². The Morgan fingerprint density at radius 2 is 1.94 bits per heavy atom. The third-order valence-electron chi connectivity index (χ3n) is 2.25. The second-order valence-electron chi connectivity index (χ2n) is 3.34. The Bertz CT molecular complexity index is 519. The fourth-order valence-electron chi connectivity index (χ4n) is 1.46. The topological polar surface area (TPSA) is 27.1 Å². The molecular formula is C11H9F3N2O. The van der Waals surface area contributed by atoms with Gasteiger partial charge in [-0.3, -0.25) is 0 Å². The van der Waals surface area contributed by atoms with Crippen LogP contribution in [-0.2, 0) is 6.18 Å². The van der Waals surface area contributed by atoms with Crippen LogP contribution in [0.5, 0.6) is 5.75 Å². The van der Waals surface area contributed by atoms with Crippen LogP contribution in [0.25, 0.3) is 5.69 Å². The molecule has 0 aliphatic carbocycles. The third kappa shape index (κ3) is 2.25. The predicted octanol–water partition coefficient (Wildman–Crippen LogP) is 2.90. The number of rotatable bonds is 2. The minimum absolute atomic E-state index is 0.0247. The van der Waals surface area contributed by atoms with E-state index in [2.05, 4.69) is 5.10 Å². The van der Waals surface area contributed by atoms with Crippen molar-refractivity contribution in [1.29, 1.82) is 0 Å². The zero-order chi connectivity index (χ0) is 12.5. The van der Waals surface area contributed by atoms with Crippen LogP contribution in [0.2, 0.25) is 0 Å². The van der Waals surface area contributed by atoms with Gasteiger partial charge in [0.2, 0.25) is 0 Å². The molecule has 90 valence electrons. The summed E-state index contributed by atoms with van der Waals surface area (Å²) < 4.78 is 44.3. The van der Waals surface area contributed by atoms with E-state index < -0.39 is 11.7 Å². The molecule has 0 atom stereocenters. The van der Waals surface area contributed by atoms with Crippen LogP contribution in [0, 0.1) is 0 Å². The highest BCUT2D eigenvalue weighted by molar-refractivity contribution is 5.42. The monoisotopic (exact) mass is 242 g/mol. The molecule has 1 heterocycles. The van der Waals surface area contributed by atoms with Crippen molar-refractivity contribution in [1.82, 2.24) is 9.78 Å². The fourth-order valence-corrected chi connectivity index (χ4v) is 1.46. The van der Waals surface area contributed by atoms with E-state index in [1.807, 2.05) is 0 Å². The molecule has 2 rings (SSSR count). The highest BCUT2D eigenvalue weighted by Crippen LogP contribution is 2.33. The van der Waals surface area contributed by atoms with Crippen LogP contribution in [0.3, 0.4) is 0 Å². The van der Waals surface area contributed by atoms with E-state index in [0.29, 0.717) is 5.75 Å². The molecule has 0 spiro atoms. The minimum atomic E-state index is -4.41. The third-order valence-corrected chi connectivity index (χ3v) is 2.25. The molecule has 17 heavy (non-hydrogen) atoms. The van der Waals surface area contributed by atoms with Gasteiger partial charge in [-0.2, -0.15) is 18.3 Å². The fraction of sp³-hybridized carbons (Fsp3) is 0.182. The van der Waals surface area contributed by atoms with E-state index in [4.69, 9.17) is 4.74 Å². The van der Waals surface area contributed by atoms with E-state index in [0.717, 1.165) is 10.7 Å². The Morgan fingerprint density at radius 1 is 1.24 bits per heavy atom. The maximum absolute atomic E-state index is 12.8. The van der Waals surface area contributed by atoms with Crippen molar-refractivity contribution >= 4 is 0 Å². The Kier molecular flexibility index (Phi) is 2.79. The molecule has 1 aromatic carbocycles. The Balaban J connectivity index is 2.52. The van der Waals surface area contributed by atoms with Gasteiger partial charge in [-0.1, -0.05) is 12.1 Å². The molecule has 0 aliphatic rings. The van der Waals surface area contributed by atoms with Crippen molar-refractivity contribution in [3.8, 4) is 11.4 Å². The number of para-hydroxylation sites is 1. The Hall–Kier alpha value is -1.98. The maximum Gasteiger partial charge on any atom is 0.418 e. The zero-order valence-electron chi connectivity index (χ0n) is 8.90. The summed E-state index contributed by atoms with van der Waals surface area (Å²) in [5, 5.41) is 3.82. The number of methoxy groups -OCH3 is 1. The molecule has 0 bridgehead atoms. The number of hydrogen-bond donors (Lipinski definition) is 0. The number of aromatic nitrogens is 2. The molecule has 0 unspecified atom stereocenters. The number of nitrogens with zero attached hydrogens (tertiary/aromatic N) is 2. The number of alkyl halides is 3. The molecule has 0 fully saturated rings. The van der Waals surface area contributed by atoms with Gasteiger partial charge in [0.25, 0.3) is 0 Å². The van der Waals surface area contributed by atoms with E-state index in [9.17, 15) is 13.2 Å². The minimum Gasteiger partial charge on any atom is -0.493 e. The Labute approximate surface area is 95.4 Å². The van der Waals surface area contributed by atoms with Crippen LogP contribution >= 0.6 is 0 Å². The van der Waals surface area contributed by atoms with Crippen molar-refractivity contribution in [3.05, 3.63) is 42.2 Å². The number of benzene rings is 1. The van der Waals surface area contributed by atoms with E-state index in [1.165, 1.54) is 37.7 Å². The molecule has 0 saturated heterocycles. The van der Waals surface area contributed by atoms with Crippen molar-refractivity contribution in [2.75, 3.05) is 7.11 Å². The first kappa shape index (κ1) is 11.5. The summed E-state index contributed by atoms with van der Waals surface area (Å²) in [6.07, 6.45) is -1.66. The summed E-state index contributed by atoms with van der Waals surface area (Å²) in [6.45, 7) is 0. The molecule has 6 heteroatoms. The average Bonchev–Trinajstić information content (AvgIpc) is 2.76. The van der Waals surface area contributed by atoms with Crippen molar-refractivity contribution in [3.63, 3.8) is 0 Å². The van der Waals surface area contributed by atoms with Gasteiger partial charge in [-0.25, -0.2) is 4.68 Å². The van der Waals surface area contributed by atoms with Crippen LogP contribution in [0.4, 0.5) is 13.2 Å². The quantitative estimate of drug-likeness (QED) is 0.809. The second kappa shape index (κ2) is 4.12. The van der Waals surface area contributed by atoms with Gasteiger partial charge in [0.1, 0.15) is 0 Å². The van der Waals surface area contributed by atoms with Gasteiger partial charge >= 0.3 is 6.18 Å². The summed E-state index contributed by atoms with van der Waals surface area (Å²) in [4.78, 5) is 0. The first-order chi connectivity index (χ1) is 8.02. The van der Waals surface area contributed by atoms with Gasteiger partial charge in [-0.05, 0) is 12.1 Å². The number of hydrogen-bond acceptors (Lipinski definition) is 2. The molecular weight excluding hydrogens is 233 g/mol. The summed E-state index contributed by atoms with van der Waals surface area (Å²) in [7, 11) is 1.43. The largest absolute Gasteiger partial charge is 0.493 e. The summed E-state index contributed by atoms with van der Waals surface area (Å²) in [5.41, 5.74) is -0.756. The van der Waals surface area contributed by atoms with Gasteiger partial charge in [-0.15, -0.1) is 0 Å². The normalized spacial score (nSPS) is 11.5. The molecule has 0 N–H and O–H groups in total. The lowest BCUT2D eigenvalue weighted by Gasteiger charge is -2.11. The summed E-state index contributed by atoms with van der Waals surface area (Å²) in [5.74, 6) is 0.405. The molecule has 3 nitrogen and oxygen atoms in total. The maximum atomic E-state index is 12.8. The standard InChI is InChI=1S/C11H9F3N2O/c1-17-8-6-15-16(7-8)10-5-3-2-4-9(10)11(12,13)14/h2-7H,1H3. The molecule has 1 aromatic heterocycles. The molecule has 2 aromatic rings.